The minimum Gasteiger partial charge on any atom is -0.368 e. The van der Waals surface area contributed by atoms with Crippen molar-refractivity contribution < 1.29 is 8.42 Å². The number of anilines is 1. The maximum atomic E-state index is 12.5. The van der Waals surface area contributed by atoms with Crippen LogP contribution in [0.25, 0.3) is 0 Å². The van der Waals surface area contributed by atoms with Crippen molar-refractivity contribution in [2.75, 3.05) is 32.9 Å². The van der Waals surface area contributed by atoms with Crippen molar-refractivity contribution in [3.8, 4) is 0 Å². The third-order valence-corrected chi connectivity index (χ3v) is 4.73. The number of aromatic nitrogens is 2. The zero-order valence-electron chi connectivity index (χ0n) is 11.7. The minimum absolute atomic E-state index is 0.0586. The number of hydrogen-bond donors (Lipinski definition) is 1. The summed E-state index contributed by atoms with van der Waals surface area (Å²) in [6.45, 7) is 4.71. The first-order valence-corrected chi connectivity index (χ1v) is 7.47. The van der Waals surface area contributed by atoms with E-state index in [1.807, 2.05) is 32.8 Å². The Bertz CT molecular complexity index is 500. The number of sulfonamides is 1. The molecular weight excluding hydrogens is 266 g/mol. The Labute approximate surface area is 114 Å². The number of nitrogens with two attached hydrogens (primary N) is 1. The van der Waals surface area contributed by atoms with Gasteiger partial charge in [0.25, 0.3) is 0 Å². The maximum absolute atomic E-state index is 12.5. The zero-order valence-corrected chi connectivity index (χ0v) is 12.6. The molecule has 0 saturated carbocycles. The molecule has 1 aromatic rings. The standard InChI is InChI=1S/C11H21N5O2S/c1-5-16(9(2)8-15(3)4)19(17,18)10-6-13-11(12)14-7-10/h6-7,9H,5,8H2,1-4H3,(H2,12,13,14). The van der Waals surface area contributed by atoms with Gasteiger partial charge in [-0.05, 0) is 21.0 Å². The van der Waals surface area contributed by atoms with Crippen molar-refractivity contribution in [2.45, 2.75) is 24.8 Å². The molecule has 8 heteroatoms. The van der Waals surface area contributed by atoms with Gasteiger partial charge in [-0.3, -0.25) is 0 Å². The lowest BCUT2D eigenvalue weighted by atomic mass is 10.3. The van der Waals surface area contributed by atoms with Gasteiger partial charge in [0.2, 0.25) is 16.0 Å². The molecule has 0 aromatic carbocycles. The number of nitrogen functional groups attached to an aromatic ring is 1. The molecule has 1 heterocycles. The second kappa shape index (κ2) is 6.27. The Hall–Kier alpha value is -1.25. The second-order valence-corrected chi connectivity index (χ2v) is 6.49. The van der Waals surface area contributed by atoms with Gasteiger partial charge in [0.15, 0.2) is 0 Å². The first-order valence-electron chi connectivity index (χ1n) is 6.03. The van der Waals surface area contributed by atoms with Crippen LogP contribution in [0.4, 0.5) is 5.95 Å². The van der Waals surface area contributed by atoms with E-state index in [0.717, 1.165) is 0 Å². The molecule has 0 aliphatic carbocycles. The van der Waals surface area contributed by atoms with Gasteiger partial charge >= 0.3 is 0 Å². The lowest BCUT2D eigenvalue weighted by Crippen LogP contribution is -2.43. The van der Waals surface area contributed by atoms with Gasteiger partial charge in [-0.15, -0.1) is 0 Å². The highest BCUT2D eigenvalue weighted by Crippen LogP contribution is 2.17. The molecule has 0 bridgehead atoms. The molecule has 0 aliphatic rings. The molecule has 0 saturated heterocycles. The fourth-order valence-electron chi connectivity index (χ4n) is 1.93. The Morgan fingerprint density at radius 2 is 1.84 bits per heavy atom. The van der Waals surface area contributed by atoms with Gasteiger partial charge in [-0.1, -0.05) is 6.92 Å². The monoisotopic (exact) mass is 287 g/mol. The SMILES string of the molecule is CCN(C(C)CN(C)C)S(=O)(=O)c1cnc(N)nc1. The quantitative estimate of drug-likeness (QED) is 0.793. The molecule has 0 amide bonds. The summed E-state index contributed by atoms with van der Waals surface area (Å²) in [5, 5.41) is 0. The Morgan fingerprint density at radius 3 is 2.26 bits per heavy atom. The van der Waals surface area contributed by atoms with E-state index < -0.39 is 10.0 Å². The predicted octanol–water partition coefficient (Wildman–Crippen LogP) is 0.0195. The van der Waals surface area contributed by atoms with E-state index >= 15 is 0 Å². The third kappa shape index (κ3) is 3.85. The molecule has 1 atom stereocenters. The molecule has 7 nitrogen and oxygen atoms in total. The molecule has 1 rings (SSSR count). The van der Waals surface area contributed by atoms with Crippen molar-refractivity contribution in [1.29, 1.82) is 0 Å². The average Bonchev–Trinajstić information content (AvgIpc) is 2.28. The van der Waals surface area contributed by atoms with Crippen LogP contribution in [0.3, 0.4) is 0 Å². The van der Waals surface area contributed by atoms with Crippen molar-refractivity contribution in [3.05, 3.63) is 12.4 Å². The Balaban J connectivity index is 3.05. The molecule has 0 radical (unpaired) electrons. The van der Waals surface area contributed by atoms with Gasteiger partial charge < -0.3 is 10.6 Å². The van der Waals surface area contributed by atoms with Crippen LogP contribution in [0.15, 0.2) is 17.3 Å². The number of likely N-dealkylation sites (N-methyl/N-ethyl adjacent to an activating group) is 2. The molecule has 0 spiro atoms. The molecule has 1 unspecified atom stereocenters. The topological polar surface area (TPSA) is 92.4 Å². The highest BCUT2D eigenvalue weighted by molar-refractivity contribution is 7.89. The summed E-state index contributed by atoms with van der Waals surface area (Å²) in [6, 6.07) is -0.137. The average molecular weight is 287 g/mol. The van der Waals surface area contributed by atoms with Crippen LogP contribution >= 0.6 is 0 Å². The van der Waals surface area contributed by atoms with E-state index in [4.69, 9.17) is 5.73 Å². The van der Waals surface area contributed by atoms with Gasteiger partial charge in [0, 0.05) is 19.1 Å². The lowest BCUT2D eigenvalue weighted by molar-refractivity contribution is 0.271. The summed E-state index contributed by atoms with van der Waals surface area (Å²) in [4.78, 5) is 9.48. The summed E-state index contributed by atoms with van der Waals surface area (Å²) < 4.78 is 26.4. The largest absolute Gasteiger partial charge is 0.368 e. The molecular formula is C11H21N5O2S. The van der Waals surface area contributed by atoms with Crippen molar-refractivity contribution in [1.82, 2.24) is 19.2 Å². The lowest BCUT2D eigenvalue weighted by Gasteiger charge is -2.28. The highest BCUT2D eigenvalue weighted by Gasteiger charge is 2.28. The summed E-state index contributed by atoms with van der Waals surface area (Å²) >= 11 is 0. The molecule has 108 valence electrons. The van der Waals surface area contributed by atoms with Gasteiger partial charge in [-0.25, -0.2) is 18.4 Å². The molecule has 0 fully saturated rings. The van der Waals surface area contributed by atoms with E-state index in [2.05, 4.69) is 9.97 Å². The van der Waals surface area contributed by atoms with Crippen LogP contribution in [0, 0.1) is 0 Å². The van der Waals surface area contributed by atoms with E-state index in [1.54, 1.807) is 0 Å². The maximum Gasteiger partial charge on any atom is 0.246 e. The number of hydrogen-bond acceptors (Lipinski definition) is 6. The number of nitrogens with zero attached hydrogens (tertiary/aromatic N) is 4. The summed E-state index contributed by atoms with van der Waals surface area (Å²) in [5.74, 6) is 0.0586. The van der Waals surface area contributed by atoms with E-state index in [0.29, 0.717) is 13.1 Å². The van der Waals surface area contributed by atoms with Crippen molar-refractivity contribution >= 4 is 16.0 Å². The summed E-state index contributed by atoms with van der Waals surface area (Å²) in [7, 11) is 0.225. The number of rotatable bonds is 6. The Kier molecular flexibility index (Phi) is 5.21. The van der Waals surface area contributed by atoms with Crippen LogP contribution in [0.5, 0.6) is 0 Å². The molecule has 19 heavy (non-hydrogen) atoms. The van der Waals surface area contributed by atoms with Gasteiger partial charge in [0.1, 0.15) is 4.90 Å². The normalized spacial score (nSPS) is 14.0. The predicted molar refractivity (Wildman–Crippen MR) is 74.0 cm³/mol. The third-order valence-electron chi connectivity index (χ3n) is 2.69. The second-order valence-electron chi connectivity index (χ2n) is 4.60. The molecule has 0 aliphatic heterocycles. The van der Waals surface area contributed by atoms with Gasteiger partial charge in [-0.2, -0.15) is 4.31 Å². The highest BCUT2D eigenvalue weighted by atomic mass is 32.2. The fourth-order valence-corrected chi connectivity index (χ4v) is 3.46. The zero-order chi connectivity index (χ0) is 14.6. The summed E-state index contributed by atoms with van der Waals surface area (Å²) in [6.07, 6.45) is 2.48. The van der Waals surface area contributed by atoms with E-state index in [9.17, 15) is 8.42 Å². The van der Waals surface area contributed by atoms with Crippen LogP contribution < -0.4 is 5.73 Å². The Morgan fingerprint density at radius 1 is 1.32 bits per heavy atom. The first kappa shape index (κ1) is 15.8. The molecule has 1 aromatic heterocycles. The van der Waals surface area contributed by atoms with Gasteiger partial charge in [0.05, 0.1) is 12.4 Å². The van der Waals surface area contributed by atoms with Crippen LogP contribution in [0.2, 0.25) is 0 Å². The minimum atomic E-state index is -3.59. The van der Waals surface area contributed by atoms with Crippen LogP contribution in [0.1, 0.15) is 13.8 Å². The van der Waals surface area contributed by atoms with E-state index in [-0.39, 0.29) is 16.9 Å². The van der Waals surface area contributed by atoms with Crippen LogP contribution in [-0.2, 0) is 10.0 Å². The van der Waals surface area contributed by atoms with Crippen molar-refractivity contribution in [3.63, 3.8) is 0 Å². The van der Waals surface area contributed by atoms with Crippen LogP contribution in [-0.4, -0.2) is 60.8 Å². The van der Waals surface area contributed by atoms with Crippen molar-refractivity contribution in [2.24, 2.45) is 0 Å². The first-order chi connectivity index (χ1) is 8.78. The smallest absolute Gasteiger partial charge is 0.246 e. The summed E-state index contributed by atoms with van der Waals surface area (Å²) in [5.41, 5.74) is 5.37. The molecule has 2 N–H and O–H groups in total. The fraction of sp³-hybridized carbons (Fsp3) is 0.636. The van der Waals surface area contributed by atoms with E-state index in [1.165, 1.54) is 16.7 Å².